The minimum atomic E-state index is 0.0375. The summed E-state index contributed by atoms with van der Waals surface area (Å²) in [4.78, 5) is 13.4. The Balaban J connectivity index is 1.30. The molecule has 0 bridgehead atoms. The predicted octanol–water partition coefficient (Wildman–Crippen LogP) is 3.50. The topological polar surface area (TPSA) is 53.9 Å². The Hall–Kier alpha value is -1.88. The number of rotatable bonds is 5. The molecule has 28 heavy (non-hydrogen) atoms. The van der Waals surface area contributed by atoms with Crippen LogP contribution in [0.4, 0.5) is 0 Å². The number of piperidine rings is 1. The van der Waals surface area contributed by atoms with Crippen LogP contribution in [0.1, 0.15) is 63.0 Å². The largest absolute Gasteiger partial charge is 0.487 e. The fourth-order valence-electron chi connectivity index (χ4n) is 5.24. The molecule has 5 heteroatoms. The summed E-state index contributed by atoms with van der Waals surface area (Å²) in [6.07, 6.45) is 10.5. The highest BCUT2D eigenvalue weighted by atomic mass is 16.5. The molecular formula is C23H31N3O2. The van der Waals surface area contributed by atoms with Gasteiger partial charge in [-0.3, -0.25) is 4.79 Å². The van der Waals surface area contributed by atoms with E-state index in [1.807, 2.05) is 0 Å². The summed E-state index contributed by atoms with van der Waals surface area (Å²) < 4.78 is 6.61. The molecular weight excluding hydrogens is 350 g/mol. The number of fused-ring (bicyclic) bond motifs is 1. The van der Waals surface area contributed by atoms with Crippen LogP contribution in [0.15, 0.2) is 23.3 Å². The highest BCUT2D eigenvalue weighted by Crippen LogP contribution is 2.43. The van der Waals surface area contributed by atoms with E-state index in [1.54, 1.807) is 0 Å². The van der Waals surface area contributed by atoms with Crippen LogP contribution in [0.3, 0.4) is 0 Å². The molecule has 5 nitrogen and oxygen atoms in total. The zero-order valence-electron chi connectivity index (χ0n) is 16.8. The predicted molar refractivity (Wildman–Crippen MR) is 110 cm³/mol. The van der Waals surface area contributed by atoms with Gasteiger partial charge in [0.25, 0.3) is 0 Å². The molecule has 2 atom stereocenters. The molecule has 1 aromatic carbocycles. The number of hydrogen-bond acceptors (Lipinski definition) is 4. The maximum absolute atomic E-state index is 10.7. The van der Waals surface area contributed by atoms with E-state index < -0.39 is 0 Å². The van der Waals surface area contributed by atoms with E-state index in [0.717, 1.165) is 55.2 Å². The number of aryl methyl sites for hydroxylation is 1. The Morgan fingerprint density at radius 1 is 1.29 bits per heavy atom. The van der Waals surface area contributed by atoms with Gasteiger partial charge in [-0.15, -0.1) is 0 Å². The van der Waals surface area contributed by atoms with Crippen molar-refractivity contribution in [3.05, 3.63) is 29.3 Å². The lowest BCUT2D eigenvalue weighted by atomic mass is 9.81. The Labute approximate surface area is 167 Å². The van der Waals surface area contributed by atoms with Gasteiger partial charge in [-0.05, 0) is 80.2 Å². The molecule has 1 N–H and O–H groups in total. The fourth-order valence-corrected chi connectivity index (χ4v) is 5.24. The standard InChI is InChI=1S/C23H31N3O2/c1-16-13-20(16)22(25-24-15-27)18-5-6-21-17(14-18)7-8-23(28-21)9-11-26(12-10-23)19-3-2-4-19/h5-6,14-16,19-20H,2-4,7-13H2,1H3,(H,24,27)/b25-22-. The molecule has 150 valence electrons. The number of ether oxygens (including phenoxy) is 1. The average Bonchev–Trinajstić information content (AvgIpc) is 3.39. The number of hydrogen-bond donors (Lipinski definition) is 1. The number of carbonyl (C=O) groups excluding carboxylic acids is 1. The number of carbonyl (C=O) groups is 1. The second-order valence-corrected chi connectivity index (χ2v) is 9.29. The molecule has 2 unspecified atom stereocenters. The number of nitrogens with one attached hydrogen (secondary N) is 1. The number of likely N-dealkylation sites (tertiary alicyclic amines) is 1. The Morgan fingerprint density at radius 2 is 2.07 bits per heavy atom. The summed E-state index contributed by atoms with van der Waals surface area (Å²) in [5, 5.41) is 4.35. The van der Waals surface area contributed by atoms with E-state index in [-0.39, 0.29) is 5.60 Å². The van der Waals surface area contributed by atoms with Gasteiger partial charge >= 0.3 is 0 Å². The second kappa shape index (κ2) is 7.18. The van der Waals surface area contributed by atoms with Crippen molar-refractivity contribution in [2.45, 2.75) is 69.9 Å². The first-order valence-electron chi connectivity index (χ1n) is 11.0. The molecule has 0 aromatic heterocycles. The summed E-state index contributed by atoms with van der Waals surface area (Å²) in [6, 6.07) is 7.34. The Kier molecular flexibility index (Phi) is 4.66. The van der Waals surface area contributed by atoms with Crippen LogP contribution in [0, 0.1) is 11.8 Å². The van der Waals surface area contributed by atoms with Crippen LogP contribution in [0.2, 0.25) is 0 Å². The van der Waals surface area contributed by atoms with Gasteiger partial charge < -0.3 is 9.64 Å². The summed E-state index contributed by atoms with van der Waals surface area (Å²) in [5.41, 5.74) is 5.97. The number of hydrazone groups is 1. The molecule has 2 aliphatic heterocycles. The lowest BCUT2D eigenvalue weighted by Gasteiger charge is -2.48. The van der Waals surface area contributed by atoms with E-state index >= 15 is 0 Å². The van der Waals surface area contributed by atoms with Crippen LogP contribution < -0.4 is 10.2 Å². The second-order valence-electron chi connectivity index (χ2n) is 9.29. The number of nitrogens with zero attached hydrogens (tertiary/aromatic N) is 2. The highest BCUT2D eigenvalue weighted by Gasteiger charge is 2.42. The maximum atomic E-state index is 10.7. The third-order valence-corrected chi connectivity index (χ3v) is 7.53. The van der Waals surface area contributed by atoms with Crippen molar-refractivity contribution < 1.29 is 9.53 Å². The monoisotopic (exact) mass is 381 g/mol. The quantitative estimate of drug-likeness (QED) is 0.482. The van der Waals surface area contributed by atoms with Crippen molar-refractivity contribution in [2.24, 2.45) is 16.9 Å². The minimum Gasteiger partial charge on any atom is -0.487 e. The Bertz CT molecular complexity index is 778. The first-order chi connectivity index (χ1) is 13.7. The molecule has 1 aromatic rings. The Morgan fingerprint density at radius 3 is 2.71 bits per heavy atom. The first kappa shape index (κ1) is 18.2. The highest BCUT2D eigenvalue weighted by molar-refractivity contribution is 6.04. The van der Waals surface area contributed by atoms with Gasteiger partial charge in [-0.2, -0.15) is 5.10 Å². The first-order valence-corrected chi connectivity index (χ1v) is 11.0. The van der Waals surface area contributed by atoms with Crippen molar-refractivity contribution in [1.82, 2.24) is 10.3 Å². The van der Waals surface area contributed by atoms with Crippen LogP contribution in [-0.2, 0) is 11.2 Å². The number of benzene rings is 1. The summed E-state index contributed by atoms with van der Waals surface area (Å²) in [7, 11) is 0. The van der Waals surface area contributed by atoms with E-state index in [4.69, 9.17) is 4.74 Å². The van der Waals surface area contributed by atoms with Crippen LogP contribution >= 0.6 is 0 Å². The molecule has 5 rings (SSSR count). The summed E-state index contributed by atoms with van der Waals surface area (Å²) in [5.74, 6) is 2.15. The van der Waals surface area contributed by atoms with Crippen molar-refractivity contribution in [3.63, 3.8) is 0 Å². The van der Waals surface area contributed by atoms with Crippen LogP contribution in [-0.4, -0.2) is 41.8 Å². The molecule has 1 saturated heterocycles. The van der Waals surface area contributed by atoms with Gasteiger partial charge in [-0.1, -0.05) is 13.3 Å². The van der Waals surface area contributed by atoms with E-state index in [2.05, 4.69) is 40.5 Å². The zero-order valence-corrected chi connectivity index (χ0v) is 16.8. The normalized spacial score (nSPS) is 29.5. The molecule has 0 radical (unpaired) electrons. The van der Waals surface area contributed by atoms with E-state index in [0.29, 0.717) is 18.2 Å². The zero-order chi connectivity index (χ0) is 19.1. The maximum Gasteiger partial charge on any atom is 0.227 e. The fraction of sp³-hybridized carbons (Fsp3) is 0.652. The van der Waals surface area contributed by atoms with Crippen LogP contribution in [0.5, 0.6) is 5.75 Å². The van der Waals surface area contributed by atoms with Crippen molar-refractivity contribution >= 4 is 12.1 Å². The third-order valence-electron chi connectivity index (χ3n) is 7.53. The average molecular weight is 382 g/mol. The van der Waals surface area contributed by atoms with Crippen molar-refractivity contribution in [2.75, 3.05) is 13.1 Å². The van der Waals surface area contributed by atoms with Gasteiger partial charge in [-0.25, -0.2) is 5.43 Å². The van der Waals surface area contributed by atoms with E-state index in [9.17, 15) is 4.79 Å². The van der Waals surface area contributed by atoms with Gasteiger partial charge in [0, 0.05) is 25.0 Å². The molecule has 1 amide bonds. The lowest BCUT2D eigenvalue weighted by molar-refractivity contribution is -0.109. The SMILES string of the molecule is CC1CC1/C(=N\NC=O)c1ccc2c(c1)CCC1(CCN(C3CCC3)CC1)O2. The van der Waals surface area contributed by atoms with Gasteiger partial charge in [0.05, 0.1) is 5.71 Å². The lowest BCUT2D eigenvalue weighted by Crippen LogP contribution is -2.53. The molecule has 2 saturated carbocycles. The third kappa shape index (κ3) is 3.34. The van der Waals surface area contributed by atoms with Crippen LogP contribution in [0.25, 0.3) is 0 Å². The van der Waals surface area contributed by atoms with Gasteiger partial charge in [0.2, 0.25) is 6.41 Å². The van der Waals surface area contributed by atoms with Gasteiger partial charge in [0.1, 0.15) is 11.4 Å². The van der Waals surface area contributed by atoms with Crippen molar-refractivity contribution in [1.29, 1.82) is 0 Å². The molecule has 2 aliphatic carbocycles. The molecule has 2 heterocycles. The minimum absolute atomic E-state index is 0.0375. The molecule has 3 fully saturated rings. The van der Waals surface area contributed by atoms with E-state index in [1.165, 1.54) is 37.9 Å². The van der Waals surface area contributed by atoms with Crippen molar-refractivity contribution in [3.8, 4) is 5.75 Å². The number of amides is 1. The molecule has 1 spiro atoms. The summed E-state index contributed by atoms with van der Waals surface area (Å²) in [6.45, 7) is 4.61. The van der Waals surface area contributed by atoms with Gasteiger partial charge in [0.15, 0.2) is 0 Å². The summed E-state index contributed by atoms with van der Waals surface area (Å²) >= 11 is 0. The molecule has 4 aliphatic rings. The smallest absolute Gasteiger partial charge is 0.227 e.